The maximum Gasteiger partial charge on any atom is 0.258 e. The van der Waals surface area contributed by atoms with Gasteiger partial charge in [0.2, 0.25) is 5.95 Å². The van der Waals surface area contributed by atoms with Crippen LogP contribution in [-0.4, -0.2) is 15.9 Å². The molecule has 0 aliphatic heterocycles. The molecule has 3 N–H and O–H groups in total. The second-order valence-corrected chi connectivity index (χ2v) is 4.05. The summed E-state index contributed by atoms with van der Waals surface area (Å²) in [5, 5.41) is 2.66. The van der Waals surface area contributed by atoms with E-state index in [2.05, 4.69) is 15.3 Å². The highest BCUT2D eigenvalue weighted by atomic mass is 16.1. The number of nitrogen functional groups attached to an aromatic ring is 1. The number of nitrogens with zero attached hydrogens (tertiary/aromatic N) is 2. The Morgan fingerprint density at radius 3 is 2.22 bits per heavy atom. The molecule has 18 heavy (non-hydrogen) atoms. The average molecular weight is 242 g/mol. The molecule has 0 saturated carbocycles. The Morgan fingerprint density at radius 2 is 1.67 bits per heavy atom. The van der Waals surface area contributed by atoms with E-state index in [9.17, 15) is 4.79 Å². The first-order valence-corrected chi connectivity index (χ1v) is 5.54. The zero-order chi connectivity index (χ0) is 13.1. The van der Waals surface area contributed by atoms with Crippen LogP contribution in [0, 0.1) is 13.8 Å². The summed E-state index contributed by atoms with van der Waals surface area (Å²) < 4.78 is 0. The van der Waals surface area contributed by atoms with Gasteiger partial charge in [-0.15, -0.1) is 0 Å². The number of anilines is 2. The molecule has 1 aromatic carbocycles. The summed E-state index contributed by atoms with van der Waals surface area (Å²) in [6.45, 7) is 3.71. The third-order valence-electron chi connectivity index (χ3n) is 2.38. The van der Waals surface area contributed by atoms with Gasteiger partial charge in [-0.25, -0.2) is 9.97 Å². The van der Waals surface area contributed by atoms with Crippen LogP contribution in [0.4, 0.5) is 11.6 Å². The number of hydrogen-bond acceptors (Lipinski definition) is 4. The van der Waals surface area contributed by atoms with Gasteiger partial charge >= 0.3 is 0 Å². The van der Waals surface area contributed by atoms with Crippen LogP contribution in [-0.2, 0) is 0 Å². The number of rotatable bonds is 2. The average Bonchev–Trinajstić information content (AvgIpc) is 2.28. The van der Waals surface area contributed by atoms with Crippen LogP contribution in [0.1, 0.15) is 21.7 Å². The van der Waals surface area contributed by atoms with Crippen molar-refractivity contribution in [3.63, 3.8) is 0 Å². The molecule has 0 aliphatic rings. The number of carbonyl (C=O) groups excluding carboxylic acids is 1. The lowest BCUT2D eigenvalue weighted by molar-refractivity contribution is 0.102. The molecule has 5 heteroatoms. The molecule has 0 fully saturated rings. The maximum atomic E-state index is 11.9. The number of aryl methyl sites for hydroxylation is 2. The Morgan fingerprint density at radius 1 is 1.11 bits per heavy atom. The predicted molar refractivity (Wildman–Crippen MR) is 70.3 cm³/mol. The molecule has 92 valence electrons. The van der Waals surface area contributed by atoms with E-state index in [-0.39, 0.29) is 5.91 Å². The van der Waals surface area contributed by atoms with Gasteiger partial charge in [0, 0.05) is 22.6 Å². The van der Waals surface area contributed by atoms with E-state index in [0.717, 1.165) is 11.4 Å². The quantitative estimate of drug-likeness (QED) is 0.788. The first-order valence-electron chi connectivity index (χ1n) is 5.54. The van der Waals surface area contributed by atoms with Gasteiger partial charge in [0.25, 0.3) is 5.91 Å². The van der Waals surface area contributed by atoms with Crippen LogP contribution in [0.2, 0.25) is 0 Å². The van der Waals surface area contributed by atoms with E-state index in [4.69, 9.17) is 5.73 Å². The van der Waals surface area contributed by atoms with Crippen molar-refractivity contribution in [2.45, 2.75) is 13.8 Å². The Hall–Kier alpha value is -2.43. The number of aromatic nitrogens is 2. The summed E-state index contributed by atoms with van der Waals surface area (Å²) in [6.07, 6.45) is 0. The van der Waals surface area contributed by atoms with Crippen molar-refractivity contribution in [3.8, 4) is 0 Å². The van der Waals surface area contributed by atoms with E-state index >= 15 is 0 Å². The molecule has 0 radical (unpaired) electrons. The van der Waals surface area contributed by atoms with Crippen LogP contribution in [0.3, 0.4) is 0 Å². The molecule has 0 atom stereocenters. The number of carbonyl (C=O) groups is 1. The van der Waals surface area contributed by atoms with E-state index in [1.54, 1.807) is 24.3 Å². The van der Waals surface area contributed by atoms with Crippen LogP contribution in [0.15, 0.2) is 30.3 Å². The van der Waals surface area contributed by atoms with E-state index in [0.29, 0.717) is 17.2 Å². The molecular formula is C13H14N4O. The van der Waals surface area contributed by atoms with Crippen LogP contribution in [0.25, 0.3) is 0 Å². The van der Waals surface area contributed by atoms with Crippen molar-refractivity contribution < 1.29 is 4.79 Å². The third kappa shape index (κ3) is 2.82. The number of hydrogen-bond donors (Lipinski definition) is 2. The summed E-state index contributed by atoms with van der Waals surface area (Å²) in [5.41, 5.74) is 8.33. The molecule has 0 spiro atoms. The zero-order valence-corrected chi connectivity index (χ0v) is 10.3. The van der Waals surface area contributed by atoms with E-state index in [1.165, 1.54) is 0 Å². The van der Waals surface area contributed by atoms with Gasteiger partial charge in [0.05, 0.1) is 0 Å². The van der Waals surface area contributed by atoms with Crippen LogP contribution < -0.4 is 11.1 Å². The largest absolute Gasteiger partial charge is 0.399 e. The number of nitrogens with one attached hydrogen (secondary N) is 1. The molecule has 0 saturated heterocycles. The molecule has 1 heterocycles. The zero-order valence-electron chi connectivity index (χ0n) is 10.3. The van der Waals surface area contributed by atoms with Crippen LogP contribution in [0.5, 0.6) is 0 Å². The summed E-state index contributed by atoms with van der Waals surface area (Å²) in [5.74, 6) is 0.0642. The lowest BCUT2D eigenvalue weighted by Gasteiger charge is -2.05. The molecular weight excluding hydrogens is 228 g/mol. The maximum absolute atomic E-state index is 11.9. The van der Waals surface area contributed by atoms with Gasteiger partial charge < -0.3 is 5.73 Å². The highest BCUT2D eigenvalue weighted by Crippen LogP contribution is 2.09. The minimum atomic E-state index is -0.250. The first-order chi connectivity index (χ1) is 8.54. The minimum absolute atomic E-state index is 0.250. The van der Waals surface area contributed by atoms with Crippen molar-refractivity contribution in [2.75, 3.05) is 11.1 Å². The summed E-state index contributed by atoms with van der Waals surface area (Å²) >= 11 is 0. The molecule has 0 bridgehead atoms. The standard InChI is InChI=1S/C13H14N4O/c1-8-7-9(2)16-13(15-8)17-12(18)10-3-5-11(14)6-4-10/h3-7H,14H2,1-2H3,(H,15,16,17,18). The second-order valence-electron chi connectivity index (χ2n) is 4.05. The Bertz CT molecular complexity index is 558. The highest BCUT2D eigenvalue weighted by molar-refractivity contribution is 6.03. The molecule has 1 aromatic heterocycles. The fourth-order valence-corrected chi connectivity index (χ4v) is 1.59. The monoisotopic (exact) mass is 242 g/mol. The fourth-order valence-electron chi connectivity index (χ4n) is 1.59. The Kier molecular flexibility index (Phi) is 3.23. The van der Waals surface area contributed by atoms with E-state index < -0.39 is 0 Å². The van der Waals surface area contributed by atoms with Gasteiger partial charge in [-0.3, -0.25) is 10.1 Å². The van der Waals surface area contributed by atoms with Crippen LogP contribution >= 0.6 is 0 Å². The molecule has 0 aliphatic carbocycles. The number of benzene rings is 1. The fraction of sp³-hybridized carbons (Fsp3) is 0.154. The summed E-state index contributed by atoms with van der Waals surface area (Å²) in [4.78, 5) is 20.2. The highest BCUT2D eigenvalue weighted by Gasteiger charge is 2.08. The molecule has 0 unspecified atom stereocenters. The number of amides is 1. The Labute approximate surface area is 105 Å². The van der Waals surface area contributed by atoms with Gasteiger partial charge in [-0.05, 0) is 44.2 Å². The normalized spacial score (nSPS) is 10.1. The van der Waals surface area contributed by atoms with Crippen molar-refractivity contribution >= 4 is 17.5 Å². The number of nitrogens with two attached hydrogens (primary N) is 1. The SMILES string of the molecule is Cc1cc(C)nc(NC(=O)c2ccc(N)cc2)n1. The smallest absolute Gasteiger partial charge is 0.258 e. The van der Waals surface area contributed by atoms with Crippen molar-refractivity contribution in [2.24, 2.45) is 0 Å². The van der Waals surface area contributed by atoms with Crippen molar-refractivity contribution in [3.05, 3.63) is 47.3 Å². The lowest BCUT2D eigenvalue weighted by atomic mass is 10.2. The van der Waals surface area contributed by atoms with Crippen molar-refractivity contribution in [1.29, 1.82) is 0 Å². The summed E-state index contributed by atoms with van der Waals surface area (Å²) in [6, 6.07) is 8.52. The predicted octanol–water partition coefficient (Wildman–Crippen LogP) is 1.93. The molecule has 5 nitrogen and oxygen atoms in total. The van der Waals surface area contributed by atoms with Gasteiger partial charge in [0.15, 0.2) is 0 Å². The van der Waals surface area contributed by atoms with Gasteiger partial charge in [0.1, 0.15) is 0 Å². The van der Waals surface area contributed by atoms with E-state index in [1.807, 2.05) is 19.9 Å². The first kappa shape index (κ1) is 12.0. The minimum Gasteiger partial charge on any atom is -0.399 e. The lowest BCUT2D eigenvalue weighted by Crippen LogP contribution is -2.14. The third-order valence-corrected chi connectivity index (χ3v) is 2.38. The second kappa shape index (κ2) is 4.83. The molecule has 1 amide bonds. The Balaban J connectivity index is 2.18. The molecule has 2 rings (SSSR count). The van der Waals surface area contributed by atoms with Gasteiger partial charge in [-0.2, -0.15) is 0 Å². The van der Waals surface area contributed by atoms with Gasteiger partial charge in [-0.1, -0.05) is 0 Å². The van der Waals surface area contributed by atoms with Crippen molar-refractivity contribution in [1.82, 2.24) is 9.97 Å². The summed E-state index contributed by atoms with van der Waals surface area (Å²) in [7, 11) is 0. The topological polar surface area (TPSA) is 80.9 Å². The molecule has 2 aromatic rings.